The summed E-state index contributed by atoms with van der Waals surface area (Å²) in [6.45, 7) is 6.44. The maximum absolute atomic E-state index is 12.6. The number of anilines is 1. The van der Waals surface area contributed by atoms with Crippen molar-refractivity contribution in [1.29, 1.82) is 0 Å². The van der Waals surface area contributed by atoms with Gasteiger partial charge in [0, 0.05) is 12.6 Å². The third-order valence-electron chi connectivity index (χ3n) is 6.69. The molecule has 190 valence electrons. The van der Waals surface area contributed by atoms with Crippen LogP contribution in [0, 0.1) is 0 Å². The first-order valence-corrected chi connectivity index (χ1v) is 12.1. The van der Waals surface area contributed by atoms with Crippen molar-refractivity contribution in [3.63, 3.8) is 0 Å². The Kier molecular flexibility index (Phi) is 5.97. The number of methoxy groups -OCH3 is 2. The minimum atomic E-state index is -0.552. The highest BCUT2D eigenvalue weighted by molar-refractivity contribution is 5.94. The topological polar surface area (TPSA) is 118 Å². The number of nitrogen functional groups attached to an aromatic ring is 1. The van der Waals surface area contributed by atoms with Crippen molar-refractivity contribution in [2.24, 2.45) is 0 Å². The molecule has 2 aromatic heterocycles. The molecule has 1 aliphatic heterocycles. The van der Waals surface area contributed by atoms with Crippen molar-refractivity contribution in [3.05, 3.63) is 41.9 Å². The summed E-state index contributed by atoms with van der Waals surface area (Å²) in [7, 11) is 3.31. The Labute approximate surface area is 210 Å². The van der Waals surface area contributed by atoms with Crippen LogP contribution >= 0.6 is 0 Å². The lowest BCUT2D eigenvalue weighted by molar-refractivity contribution is 0.0306. The molecule has 0 saturated heterocycles. The van der Waals surface area contributed by atoms with Gasteiger partial charge in [-0.1, -0.05) is 6.08 Å². The van der Waals surface area contributed by atoms with Crippen LogP contribution in [0.3, 0.4) is 0 Å². The van der Waals surface area contributed by atoms with Gasteiger partial charge >= 0.3 is 6.09 Å². The van der Waals surface area contributed by atoms with Crippen LogP contribution in [0.4, 0.5) is 10.6 Å². The Hall–Kier alpha value is -3.82. The lowest BCUT2D eigenvalue weighted by Gasteiger charge is -2.36. The number of carbonyl (C=O) groups is 1. The van der Waals surface area contributed by atoms with Gasteiger partial charge in [-0.05, 0) is 62.8 Å². The minimum absolute atomic E-state index is 0.153. The number of aromatic nitrogens is 4. The Morgan fingerprint density at radius 3 is 2.42 bits per heavy atom. The molecule has 3 heterocycles. The average molecular weight is 493 g/mol. The van der Waals surface area contributed by atoms with Gasteiger partial charge in [0.05, 0.1) is 26.8 Å². The highest BCUT2D eigenvalue weighted by Gasteiger charge is 2.36. The molecule has 36 heavy (non-hydrogen) atoms. The van der Waals surface area contributed by atoms with Crippen molar-refractivity contribution >= 4 is 28.5 Å². The Morgan fingerprint density at radius 1 is 1.08 bits per heavy atom. The highest BCUT2D eigenvalue weighted by Crippen LogP contribution is 2.47. The fraction of sp³-hybridized carbons (Fsp3) is 0.462. The van der Waals surface area contributed by atoms with Gasteiger partial charge in [-0.3, -0.25) is 4.68 Å². The smallest absolute Gasteiger partial charge is 0.410 e. The molecule has 1 aromatic carbocycles. The molecule has 5 rings (SSSR count). The molecule has 1 fully saturated rings. The van der Waals surface area contributed by atoms with Crippen LogP contribution in [0.25, 0.3) is 16.6 Å². The molecule has 10 heteroatoms. The van der Waals surface area contributed by atoms with E-state index in [0.29, 0.717) is 30.3 Å². The molecular weight excluding hydrogens is 460 g/mol. The van der Waals surface area contributed by atoms with E-state index < -0.39 is 5.60 Å². The molecule has 0 atom stereocenters. The van der Waals surface area contributed by atoms with Crippen LogP contribution in [0.5, 0.6) is 11.5 Å². The maximum atomic E-state index is 12.6. The van der Waals surface area contributed by atoms with Crippen LogP contribution in [0.15, 0.2) is 30.6 Å². The second-order valence-electron chi connectivity index (χ2n) is 10.3. The van der Waals surface area contributed by atoms with Crippen molar-refractivity contribution in [2.75, 3.05) is 33.0 Å². The molecule has 0 radical (unpaired) electrons. The Bertz CT molecular complexity index is 1310. The zero-order valence-corrected chi connectivity index (χ0v) is 21.3. The molecule has 2 aliphatic rings. The van der Waals surface area contributed by atoms with Gasteiger partial charge in [0.1, 0.15) is 40.2 Å². The van der Waals surface area contributed by atoms with Gasteiger partial charge in [-0.15, -0.1) is 0 Å². The summed E-state index contributed by atoms with van der Waals surface area (Å²) >= 11 is 0. The molecular formula is C26H32N6O4. The predicted molar refractivity (Wildman–Crippen MR) is 136 cm³/mol. The summed E-state index contributed by atoms with van der Waals surface area (Å²) < 4.78 is 18.4. The van der Waals surface area contributed by atoms with Gasteiger partial charge in [-0.2, -0.15) is 5.10 Å². The zero-order valence-electron chi connectivity index (χ0n) is 21.3. The molecule has 1 saturated carbocycles. The number of nitrogens with two attached hydrogens (primary N) is 1. The van der Waals surface area contributed by atoms with Crippen LogP contribution in [-0.2, 0) is 4.74 Å². The first-order chi connectivity index (χ1) is 17.2. The van der Waals surface area contributed by atoms with Crippen LogP contribution < -0.4 is 15.2 Å². The molecule has 1 amide bonds. The quantitative estimate of drug-likeness (QED) is 0.564. The third kappa shape index (κ3) is 4.43. The number of carbonyl (C=O) groups excluding carboxylic acids is 1. The number of amides is 1. The van der Waals surface area contributed by atoms with Gasteiger partial charge in [0.15, 0.2) is 5.82 Å². The second-order valence-corrected chi connectivity index (χ2v) is 10.3. The normalized spacial score (nSPS) is 19.7. The van der Waals surface area contributed by atoms with Gasteiger partial charge < -0.3 is 24.8 Å². The monoisotopic (exact) mass is 492 g/mol. The van der Waals surface area contributed by atoms with Crippen molar-refractivity contribution in [2.45, 2.75) is 51.2 Å². The predicted octanol–water partition coefficient (Wildman–Crippen LogP) is 4.18. The van der Waals surface area contributed by atoms with E-state index in [1.165, 1.54) is 11.9 Å². The van der Waals surface area contributed by atoms with E-state index in [2.05, 4.69) is 22.1 Å². The molecule has 2 N–H and O–H groups in total. The Morgan fingerprint density at radius 2 is 1.78 bits per heavy atom. The Balaban J connectivity index is 1.39. The SMILES string of the molecule is COc1cc(OC)cc(C2CC(n3nc(C4=CCN(C(=O)OC(C)(C)C)C4)c4ncnc(N)c43)C2)c1. The molecule has 0 bridgehead atoms. The van der Waals surface area contributed by atoms with Crippen molar-refractivity contribution in [1.82, 2.24) is 24.6 Å². The van der Waals surface area contributed by atoms with E-state index in [1.807, 2.05) is 37.6 Å². The molecule has 0 spiro atoms. The molecule has 10 nitrogen and oxygen atoms in total. The van der Waals surface area contributed by atoms with E-state index in [1.54, 1.807) is 19.1 Å². The summed E-state index contributed by atoms with van der Waals surface area (Å²) in [4.78, 5) is 23.0. The second kappa shape index (κ2) is 9.00. The largest absolute Gasteiger partial charge is 0.497 e. The van der Waals surface area contributed by atoms with Gasteiger partial charge in [0.25, 0.3) is 0 Å². The van der Waals surface area contributed by atoms with E-state index in [9.17, 15) is 4.79 Å². The summed E-state index contributed by atoms with van der Waals surface area (Å²) in [5.74, 6) is 2.30. The molecule has 0 unspecified atom stereocenters. The third-order valence-corrected chi connectivity index (χ3v) is 6.69. The van der Waals surface area contributed by atoms with Crippen LogP contribution in [0.2, 0.25) is 0 Å². The number of benzene rings is 1. The summed E-state index contributed by atoms with van der Waals surface area (Å²) in [6, 6.07) is 6.14. The minimum Gasteiger partial charge on any atom is -0.497 e. The maximum Gasteiger partial charge on any atom is 0.410 e. The number of hydrogen-bond donors (Lipinski definition) is 1. The van der Waals surface area contributed by atoms with Crippen LogP contribution in [-0.4, -0.2) is 63.7 Å². The van der Waals surface area contributed by atoms with E-state index in [4.69, 9.17) is 25.0 Å². The number of nitrogens with zero attached hydrogens (tertiary/aromatic N) is 5. The van der Waals surface area contributed by atoms with Crippen LogP contribution in [0.1, 0.15) is 56.8 Å². The number of rotatable bonds is 5. The summed E-state index contributed by atoms with van der Waals surface area (Å²) in [5, 5.41) is 4.96. The number of hydrogen-bond acceptors (Lipinski definition) is 8. The zero-order chi connectivity index (χ0) is 25.6. The molecule has 3 aromatic rings. The first kappa shape index (κ1) is 23.9. The summed E-state index contributed by atoms with van der Waals surface area (Å²) in [6.07, 6.45) is 4.90. The fourth-order valence-corrected chi connectivity index (χ4v) is 4.79. The van der Waals surface area contributed by atoms with Crippen molar-refractivity contribution < 1.29 is 19.0 Å². The lowest BCUT2D eigenvalue weighted by atomic mass is 9.75. The van der Waals surface area contributed by atoms with E-state index in [0.717, 1.165) is 41.1 Å². The van der Waals surface area contributed by atoms with Gasteiger partial charge in [-0.25, -0.2) is 14.8 Å². The van der Waals surface area contributed by atoms with E-state index >= 15 is 0 Å². The highest BCUT2D eigenvalue weighted by atomic mass is 16.6. The lowest BCUT2D eigenvalue weighted by Crippen LogP contribution is -2.35. The first-order valence-electron chi connectivity index (χ1n) is 12.1. The average Bonchev–Trinajstić information content (AvgIpc) is 3.43. The summed E-state index contributed by atoms with van der Waals surface area (Å²) in [5.41, 5.74) is 10.0. The standard InChI is InChI=1S/C26H32N6O4/c1-26(2,3)36-25(33)31-7-6-15(13-31)21-22-23(24(27)29-14-28-22)32(30-21)18-8-16(9-18)17-10-19(34-4)12-20(11-17)35-5/h6,10-12,14,16,18H,7-9,13H2,1-5H3,(H2,27,28,29). The fourth-order valence-electron chi connectivity index (χ4n) is 4.79. The number of fused-ring (bicyclic) bond motifs is 1. The van der Waals surface area contributed by atoms with Gasteiger partial charge in [0.2, 0.25) is 0 Å². The number of ether oxygens (including phenoxy) is 3. The van der Waals surface area contributed by atoms with E-state index in [-0.39, 0.29) is 12.1 Å². The molecule has 1 aliphatic carbocycles. The van der Waals surface area contributed by atoms with Crippen molar-refractivity contribution in [3.8, 4) is 11.5 Å².